The number of hydrogen-bond donors (Lipinski definition) is 1. The van der Waals surface area contributed by atoms with Gasteiger partial charge in [0.1, 0.15) is 0 Å². The van der Waals surface area contributed by atoms with Gasteiger partial charge in [-0.25, -0.2) is 0 Å². The average Bonchev–Trinajstić information content (AvgIpc) is 2.88. The van der Waals surface area contributed by atoms with Crippen LogP contribution in [0.3, 0.4) is 0 Å². The molecule has 1 aliphatic heterocycles. The molecule has 0 radical (unpaired) electrons. The number of hydrogen-bond acceptors (Lipinski definition) is 3. The van der Waals surface area contributed by atoms with Crippen molar-refractivity contribution >= 4 is 17.2 Å². The van der Waals surface area contributed by atoms with Crippen molar-refractivity contribution in [1.29, 1.82) is 0 Å². The zero-order chi connectivity index (χ0) is 11.8. The molecular formula is C13H18N2OS. The van der Waals surface area contributed by atoms with Gasteiger partial charge in [-0.15, -0.1) is 11.3 Å². The Balaban J connectivity index is 1.76. The molecule has 1 saturated heterocycles. The Morgan fingerprint density at radius 2 is 2.29 bits per heavy atom. The second kappa shape index (κ2) is 4.42. The molecule has 0 aromatic carbocycles. The van der Waals surface area contributed by atoms with E-state index in [0.717, 1.165) is 43.6 Å². The number of nitrogens with zero attached hydrogens (tertiary/aromatic N) is 1. The van der Waals surface area contributed by atoms with E-state index in [9.17, 15) is 4.79 Å². The largest absolute Gasteiger partial charge is 0.336 e. The first-order chi connectivity index (χ1) is 8.24. The van der Waals surface area contributed by atoms with Crippen LogP contribution in [0.5, 0.6) is 0 Å². The van der Waals surface area contributed by atoms with Crippen molar-refractivity contribution in [1.82, 2.24) is 4.90 Å². The van der Waals surface area contributed by atoms with Gasteiger partial charge in [0.2, 0.25) is 0 Å². The van der Waals surface area contributed by atoms with Crippen LogP contribution in [-0.2, 0) is 12.8 Å². The van der Waals surface area contributed by atoms with Crippen LogP contribution in [0.2, 0.25) is 0 Å². The third-order valence-electron chi connectivity index (χ3n) is 3.70. The minimum absolute atomic E-state index is 0.166. The number of likely N-dealkylation sites (tertiary alicyclic amines) is 1. The van der Waals surface area contributed by atoms with E-state index < -0.39 is 0 Å². The van der Waals surface area contributed by atoms with Crippen LogP contribution in [0.25, 0.3) is 0 Å². The summed E-state index contributed by atoms with van der Waals surface area (Å²) in [5.41, 5.74) is 7.33. The fourth-order valence-electron chi connectivity index (χ4n) is 2.78. The first-order valence-electron chi connectivity index (χ1n) is 6.40. The lowest BCUT2D eigenvalue weighted by molar-refractivity contribution is 0.0713. The predicted molar refractivity (Wildman–Crippen MR) is 69.5 cm³/mol. The van der Waals surface area contributed by atoms with Gasteiger partial charge in [-0.05, 0) is 43.7 Å². The number of rotatable bonds is 1. The summed E-state index contributed by atoms with van der Waals surface area (Å²) >= 11 is 1.69. The van der Waals surface area contributed by atoms with Gasteiger partial charge in [0.15, 0.2) is 0 Å². The molecule has 4 heteroatoms. The van der Waals surface area contributed by atoms with Gasteiger partial charge in [-0.3, -0.25) is 4.79 Å². The summed E-state index contributed by atoms with van der Waals surface area (Å²) in [4.78, 5) is 16.6. The fourth-order valence-corrected chi connectivity index (χ4v) is 4.01. The van der Waals surface area contributed by atoms with Crippen LogP contribution in [0.1, 0.15) is 39.4 Å². The Hall–Kier alpha value is -0.870. The second-order valence-corrected chi connectivity index (χ2v) is 6.20. The smallest absolute Gasteiger partial charge is 0.263 e. The maximum absolute atomic E-state index is 12.3. The number of nitrogens with two attached hydrogens (primary N) is 1. The van der Waals surface area contributed by atoms with Crippen LogP contribution < -0.4 is 5.73 Å². The minimum atomic E-state index is 0.166. The lowest BCUT2D eigenvalue weighted by Gasteiger charge is -2.30. The highest BCUT2D eigenvalue weighted by molar-refractivity contribution is 7.14. The number of amides is 1. The molecule has 0 saturated carbocycles. The third kappa shape index (κ3) is 2.11. The molecule has 1 amide bonds. The summed E-state index contributed by atoms with van der Waals surface area (Å²) in [7, 11) is 0. The van der Waals surface area contributed by atoms with Gasteiger partial charge in [0.25, 0.3) is 5.91 Å². The van der Waals surface area contributed by atoms with Crippen molar-refractivity contribution in [3.63, 3.8) is 0 Å². The van der Waals surface area contributed by atoms with E-state index in [-0.39, 0.29) is 11.9 Å². The van der Waals surface area contributed by atoms with Gasteiger partial charge >= 0.3 is 0 Å². The van der Waals surface area contributed by atoms with E-state index in [0.29, 0.717) is 0 Å². The zero-order valence-corrected chi connectivity index (χ0v) is 10.8. The van der Waals surface area contributed by atoms with E-state index in [1.54, 1.807) is 11.3 Å². The Kier molecular flexibility index (Phi) is 2.92. The number of aryl methyl sites for hydroxylation is 2. The molecule has 2 heterocycles. The van der Waals surface area contributed by atoms with E-state index in [1.807, 2.05) is 4.90 Å². The fraction of sp³-hybridized carbons (Fsp3) is 0.615. The first-order valence-corrected chi connectivity index (χ1v) is 7.22. The number of carbonyl (C=O) groups is 1. The predicted octanol–water partition coefficient (Wildman–Crippen LogP) is 1.80. The lowest BCUT2D eigenvalue weighted by Crippen LogP contribution is -2.45. The van der Waals surface area contributed by atoms with E-state index >= 15 is 0 Å². The molecule has 1 fully saturated rings. The maximum Gasteiger partial charge on any atom is 0.263 e. The zero-order valence-electron chi connectivity index (χ0n) is 9.95. The molecule has 2 N–H and O–H groups in total. The Labute approximate surface area is 106 Å². The van der Waals surface area contributed by atoms with Crippen LogP contribution in [0.4, 0.5) is 0 Å². The van der Waals surface area contributed by atoms with Gasteiger partial charge in [-0.2, -0.15) is 0 Å². The number of piperidine rings is 1. The van der Waals surface area contributed by atoms with Crippen molar-refractivity contribution in [3.05, 3.63) is 21.4 Å². The summed E-state index contributed by atoms with van der Waals surface area (Å²) in [6, 6.07) is 2.27. The molecule has 1 atom stereocenters. The van der Waals surface area contributed by atoms with Gasteiger partial charge < -0.3 is 10.6 Å². The molecule has 1 aliphatic carbocycles. The maximum atomic E-state index is 12.3. The molecule has 0 spiro atoms. The Bertz CT molecular complexity index is 419. The molecule has 92 valence electrons. The summed E-state index contributed by atoms with van der Waals surface area (Å²) in [5, 5.41) is 0. The number of fused-ring (bicyclic) bond motifs is 1. The highest BCUT2D eigenvalue weighted by Crippen LogP contribution is 2.31. The first kappa shape index (κ1) is 11.2. The highest BCUT2D eigenvalue weighted by Gasteiger charge is 2.25. The van der Waals surface area contributed by atoms with Crippen molar-refractivity contribution < 1.29 is 4.79 Å². The van der Waals surface area contributed by atoms with Crippen molar-refractivity contribution in [2.45, 2.75) is 38.1 Å². The molecule has 1 aromatic heterocycles. The van der Waals surface area contributed by atoms with Crippen LogP contribution in [-0.4, -0.2) is 29.9 Å². The molecule has 0 unspecified atom stereocenters. The highest BCUT2D eigenvalue weighted by atomic mass is 32.1. The summed E-state index contributed by atoms with van der Waals surface area (Å²) in [6.45, 7) is 1.59. The van der Waals surface area contributed by atoms with E-state index in [2.05, 4.69) is 6.07 Å². The number of carbonyl (C=O) groups excluding carboxylic acids is 1. The minimum Gasteiger partial charge on any atom is -0.336 e. The van der Waals surface area contributed by atoms with Gasteiger partial charge in [-0.1, -0.05) is 0 Å². The quantitative estimate of drug-likeness (QED) is 0.826. The molecule has 17 heavy (non-hydrogen) atoms. The molecular weight excluding hydrogens is 232 g/mol. The van der Waals surface area contributed by atoms with Crippen LogP contribution >= 0.6 is 11.3 Å². The second-order valence-electron chi connectivity index (χ2n) is 5.07. The van der Waals surface area contributed by atoms with Gasteiger partial charge in [0, 0.05) is 24.0 Å². The van der Waals surface area contributed by atoms with Gasteiger partial charge in [0.05, 0.1) is 4.88 Å². The van der Waals surface area contributed by atoms with Crippen molar-refractivity contribution in [2.75, 3.05) is 13.1 Å². The SMILES string of the molecule is N[C@@H]1CCCN(C(=O)c2cc3c(s2)CCC3)C1. The molecule has 0 bridgehead atoms. The number of thiophene rings is 1. The molecule has 3 nitrogen and oxygen atoms in total. The summed E-state index contributed by atoms with van der Waals surface area (Å²) < 4.78 is 0. The Morgan fingerprint density at radius 1 is 1.41 bits per heavy atom. The third-order valence-corrected chi connectivity index (χ3v) is 4.93. The Morgan fingerprint density at radius 3 is 3.06 bits per heavy atom. The van der Waals surface area contributed by atoms with Crippen molar-refractivity contribution in [3.8, 4) is 0 Å². The van der Waals surface area contributed by atoms with Crippen molar-refractivity contribution in [2.24, 2.45) is 5.73 Å². The normalized spacial score (nSPS) is 23.8. The molecule has 1 aromatic rings. The monoisotopic (exact) mass is 250 g/mol. The lowest BCUT2D eigenvalue weighted by atomic mass is 10.1. The van der Waals surface area contributed by atoms with Crippen LogP contribution in [0.15, 0.2) is 6.07 Å². The standard InChI is InChI=1S/C13H18N2OS/c14-10-4-2-6-15(8-10)13(16)12-7-9-3-1-5-11(9)17-12/h7,10H,1-6,8,14H2/t10-/m1/s1. The summed E-state index contributed by atoms with van der Waals surface area (Å²) in [5.74, 6) is 0.194. The molecule has 3 rings (SSSR count). The van der Waals surface area contributed by atoms with E-state index in [4.69, 9.17) is 5.73 Å². The molecule has 2 aliphatic rings. The summed E-state index contributed by atoms with van der Waals surface area (Å²) in [6.07, 6.45) is 5.65. The van der Waals surface area contributed by atoms with Crippen LogP contribution in [0, 0.1) is 0 Å². The van der Waals surface area contributed by atoms with E-state index in [1.165, 1.54) is 16.9 Å². The topological polar surface area (TPSA) is 46.3 Å². The average molecular weight is 250 g/mol.